The standard InChI is InChI=1S/C15H10F2N4O4/c16-8-2-4-11(14(17)13(8)15(18)22)25-6-12-19-9-3-1-7(21(23)24)5-10(9)20-12/h1-5H,6H2,(H2,18,22)(H,19,20). The van der Waals surface area contributed by atoms with Crippen molar-refractivity contribution in [3.8, 4) is 5.75 Å². The van der Waals surface area contributed by atoms with E-state index in [9.17, 15) is 23.7 Å². The molecule has 0 fully saturated rings. The summed E-state index contributed by atoms with van der Waals surface area (Å²) < 4.78 is 32.7. The lowest BCUT2D eigenvalue weighted by Crippen LogP contribution is -2.16. The molecule has 3 N–H and O–H groups in total. The Morgan fingerprint density at radius 1 is 1.32 bits per heavy atom. The Labute approximate surface area is 138 Å². The van der Waals surface area contributed by atoms with Gasteiger partial charge < -0.3 is 15.5 Å². The number of aromatic nitrogens is 2. The fraction of sp³-hybridized carbons (Fsp3) is 0.0667. The SMILES string of the molecule is NC(=O)c1c(F)ccc(OCc2nc3ccc([N+](=O)[O-])cc3[nH]2)c1F. The highest BCUT2D eigenvalue weighted by atomic mass is 19.1. The number of non-ortho nitro benzene ring substituents is 1. The number of nitrogens with zero attached hydrogens (tertiary/aromatic N) is 2. The van der Waals surface area contributed by atoms with Crippen LogP contribution in [-0.4, -0.2) is 20.8 Å². The van der Waals surface area contributed by atoms with E-state index in [4.69, 9.17) is 10.5 Å². The van der Waals surface area contributed by atoms with Gasteiger partial charge in [0.25, 0.3) is 11.6 Å². The number of ether oxygens (including phenoxy) is 1. The number of halogens is 2. The van der Waals surface area contributed by atoms with E-state index in [1.54, 1.807) is 0 Å². The molecule has 8 nitrogen and oxygen atoms in total. The van der Waals surface area contributed by atoms with Crippen LogP contribution in [0.15, 0.2) is 30.3 Å². The van der Waals surface area contributed by atoms with Crippen LogP contribution in [-0.2, 0) is 6.61 Å². The Balaban J connectivity index is 1.84. The third-order valence-electron chi connectivity index (χ3n) is 3.39. The number of H-pyrrole nitrogens is 1. The molecule has 0 saturated heterocycles. The number of nitro benzene ring substituents is 1. The second-order valence-electron chi connectivity index (χ2n) is 5.03. The van der Waals surface area contributed by atoms with Gasteiger partial charge in [-0.2, -0.15) is 0 Å². The zero-order valence-electron chi connectivity index (χ0n) is 12.5. The Morgan fingerprint density at radius 3 is 2.76 bits per heavy atom. The van der Waals surface area contributed by atoms with E-state index in [2.05, 4.69) is 9.97 Å². The summed E-state index contributed by atoms with van der Waals surface area (Å²) in [5.41, 5.74) is 4.80. The van der Waals surface area contributed by atoms with Crippen LogP contribution < -0.4 is 10.5 Å². The van der Waals surface area contributed by atoms with Crippen LogP contribution in [0.25, 0.3) is 11.0 Å². The van der Waals surface area contributed by atoms with Gasteiger partial charge in [0.05, 0.1) is 16.0 Å². The lowest BCUT2D eigenvalue weighted by atomic mass is 10.1. The number of nitro groups is 1. The maximum absolute atomic E-state index is 14.1. The molecule has 1 heterocycles. The van der Waals surface area contributed by atoms with Crippen molar-refractivity contribution in [1.82, 2.24) is 9.97 Å². The fourth-order valence-electron chi connectivity index (χ4n) is 2.25. The van der Waals surface area contributed by atoms with Gasteiger partial charge in [-0.15, -0.1) is 0 Å². The average Bonchev–Trinajstić information content (AvgIpc) is 2.95. The van der Waals surface area contributed by atoms with Crippen LogP contribution in [0.3, 0.4) is 0 Å². The van der Waals surface area contributed by atoms with Gasteiger partial charge in [0.15, 0.2) is 11.6 Å². The predicted octanol–water partition coefficient (Wildman–Crippen LogP) is 2.43. The summed E-state index contributed by atoms with van der Waals surface area (Å²) in [7, 11) is 0. The molecule has 0 aliphatic rings. The zero-order chi connectivity index (χ0) is 18.1. The van der Waals surface area contributed by atoms with Crippen molar-refractivity contribution < 1.29 is 23.2 Å². The number of amides is 1. The summed E-state index contributed by atoms with van der Waals surface area (Å²) in [6, 6.07) is 5.93. The molecule has 0 radical (unpaired) electrons. The topological polar surface area (TPSA) is 124 Å². The molecule has 3 rings (SSSR count). The molecule has 0 aliphatic heterocycles. The molecule has 2 aromatic carbocycles. The van der Waals surface area contributed by atoms with Gasteiger partial charge in [-0.1, -0.05) is 0 Å². The highest BCUT2D eigenvalue weighted by Gasteiger charge is 2.19. The molecular formula is C15H10F2N4O4. The van der Waals surface area contributed by atoms with Crippen molar-refractivity contribution in [3.05, 3.63) is 63.5 Å². The molecule has 0 saturated carbocycles. The van der Waals surface area contributed by atoms with Gasteiger partial charge >= 0.3 is 0 Å². The van der Waals surface area contributed by atoms with Crippen molar-refractivity contribution in [2.75, 3.05) is 0 Å². The van der Waals surface area contributed by atoms with E-state index in [1.807, 2.05) is 0 Å². The van der Waals surface area contributed by atoms with E-state index < -0.39 is 28.0 Å². The van der Waals surface area contributed by atoms with Crippen LogP contribution in [0, 0.1) is 21.7 Å². The zero-order valence-corrected chi connectivity index (χ0v) is 12.5. The fourth-order valence-corrected chi connectivity index (χ4v) is 2.25. The number of carbonyl (C=O) groups is 1. The minimum Gasteiger partial charge on any atom is -0.483 e. The third kappa shape index (κ3) is 3.09. The number of nitrogens with one attached hydrogen (secondary N) is 1. The van der Waals surface area contributed by atoms with Crippen LogP contribution in [0.5, 0.6) is 5.75 Å². The molecule has 1 amide bonds. The average molecular weight is 348 g/mol. The smallest absolute Gasteiger partial charge is 0.271 e. The van der Waals surface area contributed by atoms with Gasteiger partial charge in [0.1, 0.15) is 23.8 Å². The Bertz CT molecular complexity index is 1000. The predicted molar refractivity (Wildman–Crippen MR) is 82.0 cm³/mol. The third-order valence-corrected chi connectivity index (χ3v) is 3.39. The van der Waals surface area contributed by atoms with Crippen molar-refractivity contribution >= 4 is 22.6 Å². The number of fused-ring (bicyclic) bond motifs is 1. The first-order valence-corrected chi connectivity index (χ1v) is 6.90. The molecule has 0 bridgehead atoms. The summed E-state index contributed by atoms with van der Waals surface area (Å²) >= 11 is 0. The second kappa shape index (κ2) is 6.15. The maximum atomic E-state index is 14.1. The Kier molecular flexibility index (Phi) is 4.01. The van der Waals surface area contributed by atoms with Gasteiger partial charge in [-0.25, -0.2) is 13.8 Å². The monoisotopic (exact) mass is 348 g/mol. The number of imidazole rings is 1. The highest BCUT2D eigenvalue weighted by molar-refractivity contribution is 5.93. The molecular weight excluding hydrogens is 338 g/mol. The summed E-state index contributed by atoms with van der Waals surface area (Å²) in [5.74, 6) is -3.66. The van der Waals surface area contributed by atoms with Crippen molar-refractivity contribution in [2.24, 2.45) is 5.73 Å². The van der Waals surface area contributed by atoms with Crippen LogP contribution in [0.2, 0.25) is 0 Å². The van der Waals surface area contributed by atoms with Gasteiger partial charge in [0, 0.05) is 12.1 Å². The summed E-state index contributed by atoms with van der Waals surface area (Å²) in [5, 5.41) is 10.8. The molecule has 10 heteroatoms. The summed E-state index contributed by atoms with van der Waals surface area (Å²) in [6.45, 7) is -0.233. The van der Waals surface area contributed by atoms with E-state index in [0.717, 1.165) is 12.1 Å². The van der Waals surface area contributed by atoms with E-state index in [-0.39, 0.29) is 23.9 Å². The lowest BCUT2D eigenvalue weighted by molar-refractivity contribution is -0.384. The largest absolute Gasteiger partial charge is 0.483 e. The molecule has 1 aromatic heterocycles. The first-order chi connectivity index (χ1) is 11.9. The maximum Gasteiger partial charge on any atom is 0.271 e. The second-order valence-corrected chi connectivity index (χ2v) is 5.03. The van der Waals surface area contributed by atoms with Gasteiger partial charge in [-0.3, -0.25) is 14.9 Å². The van der Waals surface area contributed by atoms with E-state index in [1.165, 1.54) is 18.2 Å². The quantitative estimate of drug-likeness (QED) is 0.541. The lowest BCUT2D eigenvalue weighted by Gasteiger charge is -2.08. The Morgan fingerprint density at radius 2 is 2.08 bits per heavy atom. The molecule has 3 aromatic rings. The minimum atomic E-state index is -1.25. The van der Waals surface area contributed by atoms with Crippen LogP contribution >= 0.6 is 0 Å². The number of hydrogen-bond donors (Lipinski definition) is 2. The summed E-state index contributed by atoms with van der Waals surface area (Å²) in [6.07, 6.45) is 0. The highest BCUT2D eigenvalue weighted by Crippen LogP contribution is 2.24. The van der Waals surface area contributed by atoms with Gasteiger partial charge in [0.2, 0.25) is 0 Å². The number of benzene rings is 2. The van der Waals surface area contributed by atoms with E-state index in [0.29, 0.717) is 11.0 Å². The molecule has 0 atom stereocenters. The number of rotatable bonds is 5. The van der Waals surface area contributed by atoms with E-state index >= 15 is 0 Å². The normalized spacial score (nSPS) is 10.8. The minimum absolute atomic E-state index is 0.112. The molecule has 0 unspecified atom stereocenters. The van der Waals surface area contributed by atoms with Crippen molar-refractivity contribution in [1.29, 1.82) is 0 Å². The number of aromatic amines is 1. The van der Waals surface area contributed by atoms with Crippen molar-refractivity contribution in [2.45, 2.75) is 6.61 Å². The molecule has 128 valence electrons. The number of carbonyl (C=O) groups excluding carboxylic acids is 1. The van der Waals surface area contributed by atoms with Crippen LogP contribution in [0.1, 0.15) is 16.2 Å². The Hall–Kier alpha value is -3.56. The number of nitrogens with two attached hydrogens (primary N) is 1. The van der Waals surface area contributed by atoms with Crippen LogP contribution in [0.4, 0.5) is 14.5 Å². The molecule has 0 aliphatic carbocycles. The molecule has 25 heavy (non-hydrogen) atoms. The first kappa shape index (κ1) is 16.3. The van der Waals surface area contributed by atoms with Gasteiger partial charge in [-0.05, 0) is 18.2 Å². The summed E-state index contributed by atoms with van der Waals surface area (Å²) in [4.78, 5) is 28.2. The van der Waals surface area contributed by atoms with Crippen molar-refractivity contribution in [3.63, 3.8) is 0 Å². The number of hydrogen-bond acceptors (Lipinski definition) is 5. The molecule has 0 spiro atoms. The first-order valence-electron chi connectivity index (χ1n) is 6.90. The number of primary amides is 1.